The third-order valence-electron chi connectivity index (χ3n) is 3.42. The molecule has 1 saturated heterocycles. The van der Waals surface area contributed by atoms with Crippen molar-refractivity contribution < 1.29 is 9.90 Å². The summed E-state index contributed by atoms with van der Waals surface area (Å²) in [4.78, 5) is 10.8. The van der Waals surface area contributed by atoms with E-state index in [0.717, 1.165) is 18.1 Å². The minimum Gasteiger partial charge on any atom is -0.480 e. The lowest BCUT2D eigenvalue weighted by Gasteiger charge is -2.24. The number of rotatable bonds is 3. The van der Waals surface area contributed by atoms with Gasteiger partial charge in [-0.1, -0.05) is 32.1 Å². The zero-order chi connectivity index (χ0) is 10.7. The molecule has 1 unspecified atom stereocenters. The molecular weight excluding hydrogens is 210 g/mol. The number of carboxylic acid groups (broad SMARTS) is 1. The molecule has 4 heteroatoms. The fourth-order valence-electron chi connectivity index (χ4n) is 2.54. The first-order valence-electron chi connectivity index (χ1n) is 5.86. The smallest absolute Gasteiger partial charge is 0.321 e. The lowest BCUT2D eigenvalue weighted by atomic mass is 9.87. The van der Waals surface area contributed by atoms with Gasteiger partial charge in [-0.2, -0.15) is 0 Å². The molecule has 0 aromatic carbocycles. The summed E-state index contributed by atoms with van der Waals surface area (Å²) in [6, 6.07) is -0.316. The van der Waals surface area contributed by atoms with Gasteiger partial charge in [-0.15, -0.1) is 11.8 Å². The lowest BCUT2D eigenvalue weighted by molar-refractivity contribution is -0.138. The van der Waals surface area contributed by atoms with Crippen molar-refractivity contribution in [2.24, 2.45) is 5.92 Å². The lowest BCUT2D eigenvalue weighted by Crippen LogP contribution is -2.37. The molecule has 3 nitrogen and oxygen atoms in total. The van der Waals surface area contributed by atoms with Crippen molar-refractivity contribution in [3.05, 3.63) is 0 Å². The van der Waals surface area contributed by atoms with Crippen molar-refractivity contribution in [3.8, 4) is 0 Å². The molecule has 0 radical (unpaired) electrons. The molecule has 15 heavy (non-hydrogen) atoms. The number of aliphatic carboxylic acids is 1. The van der Waals surface area contributed by atoms with Crippen LogP contribution in [0.4, 0.5) is 0 Å². The number of thioether (sulfide) groups is 1. The molecule has 86 valence electrons. The Balaban J connectivity index is 1.74. The van der Waals surface area contributed by atoms with Crippen LogP contribution in [-0.2, 0) is 4.79 Å². The number of hydrogen-bond acceptors (Lipinski definition) is 3. The SMILES string of the molecule is O=C(O)[C@H]1CSC(CC2CCCCC2)N1. The van der Waals surface area contributed by atoms with Gasteiger partial charge in [0.05, 0.1) is 5.37 Å². The van der Waals surface area contributed by atoms with Crippen molar-refractivity contribution >= 4 is 17.7 Å². The average Bonchev–Trinajstić information content (AvgIpc) is 2.68. The fraction of sp³-hybridized carbons (Fsp3) is 0.909. The molecule has 0 spiro atoms. The van der Waals surface area contributed by atoms with Crippen LogP contribution in [0.5, 0.6) is 0 Å². The van der Waals surface area contributed by atoms with Gasteiger partial charge in [-0.3, -0.25) is 10.1 Å². The first-order chi connectivity index (χ1) is 7.25. The third kappa shape index (κ3) is 3.11. The number of nitrogens with one attached hydrogen (secondary N) is 1. The summed E-state index contributed by atoms with van der Waals surface area (Å²) < 4.78 is 0. The second-order valence-corrected chi connectivity index (χ2v) is 5.85. The summed E-state index contributed by atoms with van der Waals surface area (Å²) >= 11 is 1.78. The van der Waals surface area contributed by atoms with Gasteiger partial charge < -0.3 is 5.11 Å². The van der Waals surface area contributed by atoms with Crippen molar-refractivity contribution in [3.63, 3.8) is 0 Å². The van der Waals surface area contributed by atoms with E-state index in [4.69, 9.17) is 5.11 Å². The monoisotopic (exact) mass is 229 g/mol. The standard InChI is InChI=1S/C11H19NO2S/c13-11(14)9-7-15-10(12-9)6-8-4-2-1-3-5-8/h8-10,12H,1-7H2,(H,13,14)/t9-,10?/m1/s1. The largest absolute Gasteiger partial charge is 0.480 e. The second-order valence-electron chi connectivity index (χ2n) is 4.62. The zero-order valence-electron chi connectivity index (χ0n) is 8.95. The predicted octanol–water partition coefficient (Wildman–Crippen LogP) is 2.07. The maximum absolute atomic E-state index is 10.8. The van der Waals surface area contributed by atoms with Crippen LogP contribution in [0, 0.1) is 5.92 Å². The molecular formula is C11H19NO2S. The Morgan fingerprint density at radius 2 is 2.07 bits per heavy atom. The van der Waals surface area contributed by atoms with E-state index in [1.54, 1.807) is 11.8 Å². The van der Waals surface area contributed by atoms with E-state index >= 15 is 0 Å². The predicted molar refractivity (Wildman–Crippen MR) is 62.0 cm³/mol. The van der Waals surface area contributed by atoms with E-state index in [-0.39, 0.29) is 6.04 Å². The van der Waals surface area contributed by atoms with Crippen LogP contribution in [-0.4, -0.2) is 28.2 Å². The molecule has 0 amide bonds. The Labute approximate surface area is 95.0 Å². The summed E-state index contributed by atoms with van der Waals surface area (Å²) in [5.41, 5.74) is 0. The first-order valence-corrected chi connectivity index (χ1v) is 6.91. The number of hydrogen-bond donors (Lipinski definition) is 2. The zero-order valence-corrected chi connectivity index (χ0v) is 9.76. The van der Waals surface area contributed by atoms with E-state index < -0.39 is 5.97 Å². The molecule has 1 saturated carbocycles. The highest BCUT2D eigenvalue weighted by atomic mass is 32.2. The van der Waals surface area contributed by atoms with Gasteiger partial charge in [0, 0.05) is 5.75 Å². The van der Waals surface area contributed by atoms with E-state index in [9.17, 15) is 4.79 Å². The molecule has 2 aliphatic rings. The van der Waals surface area contributed by atoms with E-state index in [1.165, 1.54) is 32.1 Å². The molecule has 0 aromatic rings. The molecule has 1 aliphatic heterocycles. The molecule has 2 fully saturated rings. The van der Waals surface area contributed by atoms with Gasteiger partial charge in [0.1, 0.15) is 6.04 Å². The van der Waals surface area contributed by atoms with Crippen LogP contribution in [0.25, 0.3) is 0 Å². The number of carbonyl (C=O) groups is 1. The summed E-state index contributed by atoms with van der Waals surface area (Å²) in [7, 11) is 0. The minimum atomic E-state index is -0.700. The molecule has 2 atom stereocenters. The summed E-state index contributed by atoms with van der Waals surface area (Å²) in [5.74, 6) is 0.858. The Morgan fingerprint density at radius 3 is 2.67 bits per heavy atom. The van der Waals surface area contributed by atoms with E-state index in [2.05, 4.69) is 5.32 Å². The van der Waals surface area contributed by atoms with Crippen molar-refractivity contribution in [2.75, 3.05) is 5.75 Å². The Morgan fingerprint density at radius 1 is 1.33 bits per heavy atom. The first kappa shape index (κ1) is 11.3. The van der Waals surface area contributed by atoms with E-state index in [1.807, 2.05) is 0 Å². The molecule has 1 aliphatic carbocycles. The van der Waals surface area contributed by atoms with Gasteiger partial charge in [0.2, 0.25) is 0 Å². The summed E-state index contributed by atoms with van der Waals surface area (Å²) in [5, 5.41) is 12.4. The van der Waals surface area contributed by atoms with Gasteiger partial charge in [0.15, 0.2) is 0 Å². The fourth-order valence-corrected chi connectivity index (χ4v) is 3.87. The summed E-state index contributed by atoms with van der Waals surface area (Å²) in [6.45, 7) is 0. The van der Waals surface area contributed by atoms with Gasteiger partial charge in [0.25, 0.3) is 0 Å². The van der Waals surface area contributed by atoms with Crippen LogP contribution in [0.1, 0.15) is 38.5 Å². The van der Waals surface area contributed by atoms with Gasteiger partial charge in [-0.25, -0.2) is 0 Å². The van der Waals surface area contributed by atoms with Crippen molar-refractivity contribution in [1.29, 1.82) is 0 Å². The third-order valence-corrected chi connectivity index (χ3v) is 4.68. The van der Waals surface area contributed by atoms with Crippen LogP contribution in [0.2, 0.25) is 0 Å². The average molecular weight is 229 g/mol. The van der Waals surface area contributed by atoms with Crippen LogP contribution < -0.4 is 5.32 Å². The molecule has 2 rings (SSSR count). The molecule has 1 heterocycles. The van der Waals surface area contributed by atoms with Gasteiger partial charge in [-0.05, 0) is 12.3 Å². The van der Waals surface area contributed by atoms with E-state index in [0.29, 0.717) is 5.37 Å². The maximum atomic E-state index is 10.8. The van der Waals surface area contributed by atoms with Crippen molar-refractivity contribution in [2.45, 2.75) is 49.9 Å². The topological polar surface area (TPSA) is 49.3 Å². The minimum absolute atomic E-state index is 0.316. The Hall–Kier alpha value is -0.220. The maximum Gasteiger partial charge on any atom is 0.321 e. The quantitative estimate of drug-likeness (QED) is 0.778. The molecule has 0 aromatic heterocycles. The normalized spacial score (nSPS) is 33.1. The molecule has 2 N–H and O–H groups in total. The van der Waals surface area contributed by atoms with Gasteiger partial charge >= 0.3 is 5.97 Å². The molecule has 0 bridgehead atoms. The second kappa shape index (κ2) is 5.21. The van der Waals surface area contributed by atoms with Crippen LogP contribution >= 0.6 is 11.8 Å². The number of carboxylic acids is 1. The Kier molecular flexibility index (Phi) is 3.92. The highest BCUT2D eigenvalue weighted by Crippen LogP contribution is 2.32. The summed E-state index contributed by atoms with van der Waals surface area (Å²) in [6.07, 6.45) is 7.97. The highest BCUT2D eigenvalue weighted by Gasteiger charge is 2.30. The highest BCUT2D eigenvalue weighted by molar-refractivity contribution is 8.00. The Bertz CT molecular complexity index is 229. The van der Waals surface area contributed by atoms with Crippen LogP contribution in [0.3, 0.4) is 0 Å². The van der Waals surface area contributed by atoms with Crippen LogP contribution in [0.15, 0.2) is 0 Å². The van der Waals surface area contributed by atoms with Crippen molar-refractivity contribution in [1.82, 2.24) is 5.32 Å².